The van der Waals surface area contributed by atoms with E-state index < -0.39 is 0 Å². The van der Waals surface area contributed by atoms with Crippen molar-refractivity contribution in [2.75, 3.05) is 4.90 Å². The molecule has 0 fully saturated rings. The number of benzene rings is 10. The van der Waals surface area contributed by atoms with Crippen LogP contribution >= 0.6 is 0 Å². The number of anilines is 3. The predicted molar refractivity (Wildman–Crippen MR) is 247 cm³/mol. The summed E-state index contributed by atoms with van der Waals surface area (Å²) < 4.78 is 13.8. The zero-order valence-corrected chi connectivity index (χ0v) is 32.0. The quantitative estimate of drug-likeness (QED) is 0.158. The van der Waals surface area contributed by atoms with Crippen LogP contribution in [-0.4, -0.2) is 0 Å². The molecule has 3 heteroatoms. The molecule has 3 nitrogen and oxygen atoms in total. The maximum Gasteiger partial charge on any atom is 0.160 e. The smallest absolute Gasteiger partial charge is 0.160 e. The van der Waals surface area contributed by atoms with Crippen LogP contribution in [0.25, 0.3) is 98.8 Å². The summed E-state index contributed by atoms with van der Waals surface area (Å²) in [6.07, 6.45) is 0. The van der Waals surface area contributed by atoms with Gasteiger partial charge in [-0.15, -0.1) is 0 Å². The van der Waals surface area contributed by atoms with Crippen LogP contribution in [0.5, 0.6) is 0 Å². The molecule has 12 aromatic rings. The van der Waals surface area contributed by atoms with Gasteiger partial charge >= 0.3 is 0 Å². The number of furan rings is 2. The van der Waals surface area contributed by atoms with E-state index in [1.807, 2.05) is 12.1 Å². The molecule has 0 atom stereocenters. The molecule has 0 aliphatic rings. The minimum atomic E-state index is 0.839. The second-order valence-electron chi connectivity index (χ2n) is 15.2. The van der Waals surface area contributed by atoms with Gasteiger partial charge in [0.25, 0.3) is 0 Å². The monoisotopic (exact) mass is 753 g/mol. The summed E-state index contributed by atoms with van der Waals surface area (Å²) in [5.41, 5.74) is 13.2. The standard InChI is InChI=1S/C56H35NO2/c1-3-14-36(15-4-1)37-26-30-40(31-27-37)57(41-32-28-39(29-33-41)43-23-13-24-49-46-20-11-12-25-51(46)58-54(43)49)53-42(38-16-5-2-6-17-38)34-35-50-52-47-21-9-7-18-44(47)45-19-8-10-22-48(45)55(52)59-56(50)53/h1-35H. The van der Waals surface area contributed by atoms with Crippen molar-refractivity contribution in [3.05, 3.63) is 212 Å². The Bertz CT molecular complexity index is 3530. The van der Waals surface area contributed by atoms with E-state index in [1.165, 1.54) is 21.7 Å². The van der Waals surface area contributed by atoms with Crippen LogP contribution in [0.4, 0.5) is 17.1 Å². The third-order valence-corrected chi connectivity index (χ3v) is 11.9. The summed E-state index contributed by atoms with van der Waals surface area (Å²) in [6.45, 7) is 0. The Labute approximate surface area is 340 Å². The molecule has 0 bridgehead atoms. The van der Waals surface area contributed by atoms with Gasteiger partial charge in [0.1, 0.15) is 16.7 Å². The molecule has 0 aliphatic carbocycles. The van der Waals surface area contributed by atoms with E-state index in [4.69, 9.17) is 8.83 Å². The number of rotatable bonds is 6. The molecule has 2 heterocycles. The summed E-state index contributed by atoms with van der Waals surface area (Å²) in [5.74, 6) is 0. The zero-order valence-electron chi connectivity index (χ0n) is 32.0. The highest BCUT2D eigenvalue weighted by Crippen LogP contribution is 2.50. The Morgan fingerprint density at radius 2 is 0.780 bits per heavy atom. The summed E-state index contributed by atoms with van der Waals surface area (Å²) in [4.78, 5) is 2.37. The third kappa shape index (κ3) is 5.29. The predicted octanol–water partition coefficient (Wildman–Crippen LogP) is 16.3. The van der Waals surface area contributed by atoms with Crippen LogP contribution in [0.15, 0.2) is 221 Å². The lowest BCUT2D eigenvalue weighted by Gasteiger charge is -2.28. The van der Waals surface area contributed by atoms with E-state index >= 15 is 0 Å². The van der Waals surface area contributed by atoms with Crippen molar-refractivity contribution in [2.24, 2.45) is 0 Å². The summed E-state index contributed by atoms with van der Waals surface area (Å²) in [6, 6.07) is 75.5. The molecule has 0 saturated carbocycles. The fourth-order valence-corrected chi connectivity index (χ4v) is 9.13. The molecule has 276 valence electrons. The number of nitrogens with zero attached hydrogens (tertiary/aromatic N) is 1. The van der Waals surface area contributed by atoms with E-state index in [2.05, 4.69) is 205 Å². The Morgan fingerprint density at radius 1 is 0.271 bits per heavy atom. The van der Waals surface area contributed by atoms with Crippen LogP contribution in [0.2, 0.25) is 0 Å². The van der Waals surface area contributed by atoms with Crippen LogP contribution in [0, 0.1) is 0 Å². The number of para-hydroxylation sites is 2. The van der Waals surface area contributed by atoms with Crippen molar-refractivity contribution in [3.8, 4) is 33.4 Å². The highest BCUT2D eigenvalue weighted by Gasteiger charge is 2.26. The fraction of sp³-hybridized carbons (Fsp3) is 0. The maximum atomic E-state index is 7.30. The van der Waals surface area contributed by atoms with Gasteiger partial charge in [0.2, 0.25) is 0 Å². The topological polar surface area (TPSA) is 29.5 Å². The molecule has 0 spiro atoms. The van der Waals surface area contributed by atoms with E-state index in [-0.39, 0.29) is 0 Å². The summed E-state index contributed by atoms with van der Waals surface area (Å²) in [7, 11) is 0. The van der Waals surface area contributed by atoms with Crippen LogP contribution in [-0.2, 0) is 0 Å². The van der Waals surface area contributed by atoms with E-state index in [0.29, 0.717) is 0 Å². The molecular weight excluding hydrogens is 719 g/mol. The minimum absolute atomic E-state index is 0.839. The first-order valence-corrected chi connectivity index (χ1v) is 20.1. The highest BCUT2D eigenvalue weighted by atomic mass is 16.3. The molecule has 0 unspecified atom stereocenters. The molecule has 0 aliphatic heterocycles. The molecule has 12 rings (SSSR count). The van der Waals surface area contributed by atoms with Crippen molar-refractivity contribution >= 4 is 82.5 Å². The molecule has 0 amide bonds. The largest absolute Gasteiger partial charge is 0.455 e. The van der Waals surface area contributed by atoms with Gasteiger partial charge in [-0.1, -0.05) is 176 Å². The second-order valence-corrected chi connectivity index (χ2v) is 15.2. The van der Waals surface area contributed by atoms with Crippen LogP contribution in [0.3, 0.4) is 0 Å². The van der Waals surface area contributed by atoms with Crippen molar-refractivity contribution in [1.29, 1.82) is 0 Å². The first kappa shape index (κ1) is 33.3. The lowest BCUT2D eigenvalue weighted by atomic mass is 9.95. The molecule has 0 N–H and O–H groups in total. The summed E-state index contributed by atoms with van der Waals surface area (Å²) in [5, 5.41) is 9.14. The van der Waals surface area contributed by atoms with Gasteiger partial charge in [-0.05, 0) is 74.8 Å². The van der Waals surface area contributed by atoms with Gasteiger partial charge in [0, 0.05) is 49.4 Å². The lowest BCUT2D eigenvalue weighted by Crippen LogP contribution is -2.11. The Hall–Kier alpha value is -7.88. The van der Waals surface area contributed by atoms with Crippen molar-refractivity contribution in [2.45, 2.75) is 0 Å². The van der Waals surface area contributed by atoms with Gasteiger partial charge in [-0.3, -0.25) is 0 Å². The normalized spacial score (nSPS) is 11.7. The van der Waals surface area contributed by atoms with Crippen molar-refractivity contribution in [1.82, 2.24) is 0 Å². The fourth-order valence-electron chi connectivity index (χ4n) is 9.13. The molecule has 10 aromatic carbocycles. The van der Waals surface area contributed by atoms with Crippen molar-refractivity contribution in [3.63, 3.8) is 0 Å². The summed E-state index contributed by atoms with van der Waals surface area (Å²) >= 11 is 0. The number of hydrogen-bond donors (Lipinski definition) is 0. The van der Waals surface area contributed by atoms with Crippen LogP contribution in [0.1, 0.15) is 0 Å². The first-order chi connectivity index (χ1) is 29.3. The molecule has 2 aromatic heterocycles. The lowest BCUT2D eigenvalue weighted by molar-refractivity contribution is 0.670. The van der Waals surface area contributed by atoms with Gasteiger partial charge in [0.05, 0.1) is 5.69 Å². The maximum absolute atomic E-state index is 7.30. The minimum Gasteiger partial charge on any atom is -0.455 e. The average Bonchev–Trinajstić information content (AvgIpc) is 3.90. The van der Waals surface area contributed by atoms with E-state index in [0.717, 1.165) is 94.1 Å². The number of hydrogen-bond acceptors (Lipinski definition) is 3. The molecule has 0 saturated heterocycles. The van der Waals surface area contributed by atoms with E-state index in [1.54, 1.807) is 0 Å². The van der Waals surface area contributed by atoms with Gasteiger partial charge in [0.15, 0.2) is 5.58 Å². The van der Waals surface area contributed by atoms with Gasteiger partial charge in [-0.2, -0.15) is 0 Å². The van der Waals surface area contributed by atoms with E-state index in [9.17, 15) is 0 Å². The van der Waals surface area contributed by atoms with Crippen LogP contribution < -0.4 is 4.90 Å². The first-order valence-electron chi connectivity index (χ1n) is 20.1. The van der Waals surface area contributed by atoms with Gasteiger partial charge in [-0.25, -0.2) is 0 Å². The zero-order chi connectivity index (χ0) is 38.9. The molecule has 0 radical (unpaired) electrons. The Kier molecular flexibility index (Phi) is 7.54. The SMILES string of the molecule is c1ccc(-c2ccc(N(c3ccc(-c4cccc5c4oc4ccccc45)cc3)c3c(-c4ccccc4)ccc4c3oc3c5ccccc5c5ccccc5c43)cc2)cc1. The molecular formula is C56H35NO2. The van der Waals surface area contributed by atoms with Gasteiger partial charge < -0.3 is 13.7 Å². The average molecular weight is 754 g/mol. The third-order valence-electron chi connectivity index (χ3n) is 11.9. The molecule has 59 heavy (non-hydrogen) atoms. The Balaban J connectivity index is 1.13. The number of fused-ring (bicyclic) bond motifs is 11. The highest BCUT2D eigenvalue weighted by molar-refractivity contribution is 6.31. The Morgan fingerprint density at radius 3 is 1.49 bits per heavy atom. The second kappa shape index (κ2) is 13.4. The van der Waals surface area contributed by atoms with Crippen molar-refractivity contribution < 1.29 is 8.83 Å².